The van der Waals surface area contributed by atoms with Gasteiger partial charge in [-0.15, -0.1) is 21.5 Å². The Hall–Kier alpha value is -1.27. The van der Waals surface area contributed by atoms with E-state index in [-0.39, 0.29) is 0 Å². The van der Waals surface area contributed by atoms with Gasteiger partial charge in [0.1, 0.15) is 12.0 Å². The molecule has 2 aromatic heterocycles. The Bertz CT molecular complexity index is 474. The number of aromatic nitrogens is 4. The number of hydrogen-bond donors (Lipinski definition) is 1. The van der Waals surface area contributed by atoms with E-state index in [1.807, 2.05) is 9.95 Å². The van der Waals surface area contributed by atoms with Gasteiger partial charge in [-0.1, -0.05) is 13.8 Å². The highest BCUT2D eigenvalue weighted by Crippen LogP contribution is 2.20. The summed E-state index contributed by atoms with van der Waals surface area (Å²) < 4.78 is 2.05. The number of nitrogens with zero attached hydrogens (tertiary/aromatic N) is 4. The summed E-state index contributed by atoms with van der Waals surface area (Å²) in [6.45, 7) is 5.88. The van der Waals surface area contributed by atoms with Crippen molar-refractivity contribution < 1.29 is 0 Å². The number of hydrogen-bond acceptors (Lipinski definition) is 5. The van der Waals surface area contributed by atoms with Gasteiger partial charge in [0.05, 0.1) is 5.01 Å². The van der Waals surface area contributed by atoms with Gasteiger partial charge in [-0.05, 0) is 12.5 Å². The van der Waals surface area contributed by atoms with E-state index in [1.54, 1.807) is 17.7 Å². The number of nitrogens with two attached hydrogens (primary N) is 1. The van der Waals surface area contributed by atoms with Crippen LogP contribution in [0.5, 0.6) is 0 Å². The summed E-state index contributed by atoms with van der Waals surface area (Å²) in [5.74, 6) is 1.41. The van der Waals surface area contributed by atoms with Crippen LogP contribution in [0.1, 0.15) is 18.9 Å². The maximum Gasteiger partial charge on any atom is 0.183 e. The molecule has 0 fully saturated rings. The Morgan fingerprint density at radius 1 is 1.47 bits per heavy atom. The molecular formula is C11H17N5S. The summed E-state index contributed by atoms with van der Waals surface area (Å²) in [7, 11) is 0. The molecule has 5 nitrogen and oxygen atoms in total. The van der Waals surface area contributed by atoms with Crippen LogP contribution in [0, 0.1) is 5.92 Å². The molecule has 0 aliphatic rings. The lowest BCUT2D eigenvalue weighted by Gasteiger charge is -2.07. The smallest absolute Gasteiger partial charge is 0.183 e. The number of rotatable bonds is 5. The van der Waals surface area contributed by atoms with Gasteiger partial charge in [-0.3, -0.25) is 0 Å². The molecule has 0 saturated carbocycles. The van der Waals surface area contributed by atoms with Crippen molar-refractivity contribution in [3.8, 4) is 11.5 Å². The van der Waals surface area contributed by atoms with Crippen LogP contribution in [0.2, 0.25) is 0 Å². The van der Waals surface area contributed by atoms with E-state index in [0.717, 1.165) is 29.5 Å². The van der Waals surface area contributed by atoms with Gasteiger partial charge in [0.15, 0.2) is 5.82 Å². The number of thiazole rings is 1. The zero-order valence-corrected chi connectivity index (χ0v) is 10.9. The highest BCUT2D eigenvalue weighted by molar-refractivity contribution is 7.09. The van der Waals surface area contributed by atoms with E-state index < -0.39 is 0 Å². The van der Waals surface area contributed by atoms with Gasteiger partial charge in [-0.25, -0.2) is 4.98 Å². The lowest BCUT2D eigenvalue weighted by atomic mass is 10.2. The van der Waals surface area contributed by atoms with Crippen molar-refractivity contribution >= 4 is 11.3 Å². The molecule has 0 radical (unpaired) electrons. The SMILES string of the molecule is CC(C)Cn1cnnc1-c1csc(CCN)n1. The lowest BCUT2D eigenvalue weighted by molar-refractivity contribution is 0.525. The minimum atomic E-state index is 0.562. The molecule has 2 heterocycles. The highest BCUT2D eigenvalue weighted by atomic mass is 32.1. The Kier molecular flexibility index (Phi) is 3.86. The van der Waals surface area contributed by atoms with Gasteiger partial charge >= 0.3 is 0 Å². The van der Waals surface area contributed by atoms with E-state index in [2.05, 4.69) is 29.0 Å². The van der Waals surface area contributed by atoms with E-state index in [0.29, 0.717) is 12.5 Å². The van der Waals surface area contributed by atoms with Crippen molar-refractivity contribution in [1.82, 2.24) is 19.7 Å². The third-order valence-corrected chi connectivity index (χ3v) is 3.23. The molecule has 0 spiro atoms. The Morgan fingerprint density at radius 2 is 2.29 bits per heavy atom. The van der Waals surface area contributed by atoms with Gasteiger partial charge in [-0.2, -0.15) is 0 Å². The summed E-state index contributed by atoms with van der Waals surface area (Å²) in [5.41, 5.74) is 6.42. The Balaban J connectivity index is 2.23. The molecule has 0 bridgehead atoms. The molecule has 2 rings (SSSR count). The van der Waals surface area contributed by atoms with E-state index >= 15 is 0 Å². The largest absolute Gasteiger partial charge is 0.330 e. The summed E-state index contributed by atoms with van der Waals surface area (Å²) in [5, 5.41) is 11.2. The first kappa shape index (κ1) is 12.2. The predicted octanol–water partition coefficient (Wildman–Crippen LogP) is 1.56. The molecule has 0 aliphatic carbocycles. The molecule has 0 atom stereocenters. The minimum Gasteiger partial charge on any atom is -0.330 e. The monoisotopic (exact) mass is 251 g/mol. The molecule has 0 aromatic carbocycles. The van der Waals surface area contributed by atoms with E-state index in [9.17, 15) is 0 Å². The minimum absolute atomic E-state index is 0.562. The zero-order valence-electron chi connectivity index (χ0n) is 10.1. The quantitative estimate of drug-likeness (QED) is 0.875. The van der Waals surface area contributed by atoms with Crippen LogP contribution < -0.4 is 5.73 Å². The molecule has 2 aromatic rings. The van der Waals surface area contributed by atoms with Crippen molar-refractivity contribution in [3.05, 3.63) is 16.7 Å². The fourth-order valence-electron chi connectivity index (χ4n) is 1.63. The molecule has 2 N–H and O–H groups in total. The van der Waals surface area contributed by atoms with Crippen LogP contribution in [-0.2, 0) is 13.0 Å². The maximum absolute atomic E-state index is 5.52. The van der Waals surface area contributed by atoms with Crippen LogP contribution >= 0.6 is 11.3 Å². The highest BCUT2D eigenvalue weighted by Gasteiger charge is 2.11. The van der Waals surface area contributed by atoms with Crippen LogP contribution in [0.15, 0.2) is 11.7 Å². The zero-order chi connectivity index (χ0) is 12.3. The second-order valence-electron chi connectivity index (χ2n) is 4.37. The molecular weight excluding hydrogens is 234 g/mol. The van der Waals surface area contributed by atoms with Crippen molar-refractivity contribution in [2.45, 2.75) is 26.8 Å². The summed E-state index contributed by atoms with van der Waals surface area (Å²) in [6, 6.07) is 0. The molecule has 92 valence electrons. The van der Waals surface area contributed by atoms with Crippen molar-refractivity contribution in [3.63, 3.8) is 0 Å². The van der Waals surface area contributed by atoms with E-state index in [4.69, 9.17) is 5.73 Å². The molecule has 0 saturated heterocycles. The first-order valence-corrected chi connectivity index (χ1v) is 6.61. The first-order valence-electron chi connectivity index (χ1n) is 5.73. The van der Waals surface area contributed by atoms with Crippen molar-refractivity contribution in [2.75, 3.05) is 6.54 Å². The molecule has 0 unspecified atom stereocenters. The third-order valence-electron chi connectivity index (χ3n) is 2.32. The standard InChI is InChI=1S/C11H17N5S/c1-8(2)5-16-7-13-15-11(16)9-6-17-10(14-9)3-4-12/h6-8H,3-5,12H2,1-2H3. The third kappa shape index (κ3) is 2.89. The Morgan fingerprint density at radius 3 is 3.00 bits per heavy atom. The molecule has 6 heteroatoms. The normalized spacial score (nSPS) is 11.3. The van der Waals surface area contributed by atoms with Gasteiger partial charge < -0.3 is 10.3 Å². The molecule has 0 aliphatic heterocycles. The summed E-state index contributed by atoms with van der Waals surface area (Å²) in [4.78, 5) is 4.53. The van der Waals surface area contributed by atoms with E-state index in [1.165, 1.54) is 0 Å². The summed E-state index contributed by atoms with van der Waals surface area (Å²) >= 11 is 1.63. The fourth-order valence-corrected chi connectivity index (χ4v) is 2.42. The molecule has 17 heavy (non-hydrogen) atoms. The summed E-state index contributed by atoms with van der Waals surface area (Å²) in [6.07, 6.45) is 2.58. The first-order chi connectivity index (χ1) is 8.20. The van der Waals surface area contributed by atoms with Crippen LogP contribution in [0.25, 0.3) is 11.5 Å². The fraction of sp³-hybridized carbons (Fsp3) is 0.545. The Labute approximate surface area is 105 Å². The second-order valence-corrected chi connectivity index (χ2v) is 5.31. The van der Waals surface area contributed by atoms with Gasteiger partial charge in [0.25, 0.3) is 0 Å². The van der Waals surface area contributed by atoms with Crippen molar-refractivity contribution in [2.24, 2.45) is 11.7 Å². The maximum atomic E-state index is 5.52. The van der Waals surface area contributed by atoms with Crippen LogP contribution in [-0.4, -0.2) is 26.3 Å². The van der Waals surface area contributed by atoms with Gasteiger partial charge in [0, 0.05) is 18.3 Å². The van der Waals surface area contributed by atoms with Gasteiger partial charge in [0.2, 0.25) is 0 Å². The average Bonchev–Trinajstić information content (AvgIpc) is 2.86. The average molecular weight is 251 g/mol. The van der Waals surface area contributed by atoms with Crippen molar-refractivity contribution in [1.29, 1.82) is 0 Å². The second kappa shape index (κ2) is 5.37. The lowest BCUT2D eigenvalue weighted by Crippen LogP contribution is -2.05. The predicted molar refractivity (Wildman–Crippen MR) is 68.7 cm³/mol. The van der Waals surface area contributed by atoms with Crippen LogP contribution in [0.4, 0.5) is 0 Å². The topological polar surface area (TPSA) is 69.6 Å². The molecule has 0 amide bonds. The van der Waals surface area contributed by atoms with Crippen LogP contribution in [0.3, 0.4) is 0 Å².